The van der Waals surface area contributed by atoms with Gasteiger partial charge < -0.3 is 14.7 Å². The zero-order valence-electron chi connectivity index (χ0n) is 30.4. The lowest BCUT2D eigenvalue weighted by Gasteiger charge is -2.43. The monoisotopic (exact) mass is 625 g/mol. The van der Waals surface area contributed by atoms with Crippen molar-refractivity contribution >= 4 is 11.8 Å². The van der Waals surface area contributed by atoms with Gasteiger partial charge in [0.1, 0.15) is 6.04 Å². The Labute approximate surface area is 274 Å². The Morgan fingerprint density at radius 1 is 0.523 bits per heavy atom. The average Bonchev–Trinajstić information content (AvgIpc) is 2.96. The summed E-state index contributed by atoms with van der Waals surface area (Å²) in [5.41, 5.74) is -1.81. The first-order valence-corrected chi connectivity index (χ1v) is 19.4. The summed E-state index contributed by atoms with van der Waals surface area (Å²) >= 11 is 0. The van der Waals surface area contributed by atoms with Gasteiger partial charge in [0.2, 0.25) is 0 Å². The van der Waals surface area contributed by atoms with E-state index in [1.807, 2.05) is 21.1 Å². The molecular formula is C39H78NO4+. The van der Waals surface area contributed by atoms with Crippen LogP contribution in [0.3, 0.4) is 0 Å². The van der Waals surface area contributed by atoms with Gasteiger partial charge in [-0.2, -0.15) is 0 Å². The summed E-state index contributed by atoms with van der Waals surface area (Å²) in [6, 6.07) is -0.412. The van der Waals surface area contributed by atoms with E-state index in [1.54, 1.807) is 0 Å². The first-order valence-electron chi connectivity index (χ1n) is 19.4. The van der Waals surface area contributed by atoms with E-state index in [4.69, 9.17) is 0 Å². The molecule has 0 saturated carbocycles. The Morgan fingerprint density at radius 3 is 1.11 bits per heavy atom. The fourth-order valence-corrected chi connectivity index (χ4v) is 6.95. The third kappa shape index (κ3) is 23.4. The highest BCUT2D eigenvalue weighted by molar-refractivity contribution is 5.91. The topological polar surface area (TPSA) is 74.6 Å². The number of hydrogen-bond acceptors (Lipinski definition) is 3. The van der Waals surface area contributed by atoms with E-state index < -0.39 is 24.0 Å². The van der Waals surface area contributed by atoms with E-state index in [-0.39, 0.29) is 12.2 Å². The van der Waals surface area contributed by atoms with Crippen LogP contribution in [0.4, 0.5) is 0 Å². The number of nitrogens with zero attached hydrogens (tertiary/aromatic N) is 1. The molecule has 0 spiro atoms. The Balaban J connectivity index is 4.38. The van der Waals surface area contributed by atoms with Crippen LogP contribution in [0.25, 0.3) is 0 Å². The van der Waals surface area contributed by atoms with Gasteiger partial charge >= 0.3 is 5.97 Å². The van der Waals surface area contributed by atoms with Crippen molar-refractivity contribution in [2.75, 3.05) is 21.1 Å². The highest BCUT2D eigenvalue weighted by Crippen LogP contribution is 2.31. The average molecular weight is 625 g/mol. The number of aliphatic carboxylic acids is 1. The van der Waals surface area contributed by atoms with E-state index in [0.29, 0.717) is 10.9 Å². The molecule has 0 heterocycles. The normalized spacial score (nSPS) is 14.0. The SMILES string of the molecule is CCCCCCCCCCCCCCCCC(C(O)(CC(=O)O)C(=O)CCCCCCCCCCCCCCC)[N+](C)(C)C. The summed E-state index contributed by atoms with van der Waals surface area (Å²) in [6.07, 6.45) is 34.5. The standard InChI is InChI=1S/C39H77NO4/c1-6-8-10-12-14-16-18-20-22-23-25-27-29-31-33-36(40(3,4)5)39(44,35-38(42)43)37(41)34-32-30-28-26-24-21-19-17-15-13-11-9-7-2/h36,44H,6-35H2,1-5H3/p+1. The van der Waals surface area contributed by atoms with Gasteiger partial charge in [-0.15, -0.1) is 0 Å². The summed E-state index contributed by atoms with van der Waals surface area (Å²) in [5, 5.41) is 21.4. The largest absolute Gasteiger partial charge is 0.481 e. The van der Waals surface area contributed by atoms with Crippen molar-refractivity contribution in [2.24, 2.45) is 0 Å². The zero-order valence-corrected chi connectivity index (χ0v) is 30.4. The fourth-order valence-electron chi connectivity index (χ4n) is 6.95. The van der Waals surface area contributed by atoms with Gasteiger partial charge in [0.25, 0.3) is 0 Å². The zero-order chi connectivity index (χ0) is 32.9. The number of quaternary nitrogens is 1. The maximum absolute atomic E-state index is 13.4. The molecule has 0 radical (unpaired) electrons. The van der Waals surface area contributed by atoms with Crippen molar-refractivity contribution in [2.45, 2.75) is 218 Å². The van der Waals surface area contributed by atoms with Crippen molar-refractivity contribution in [3.63, 3.8) is 0 Å². The Morgan fingerprint density at radius 2 is 0.818 bits per heavy atom. The lowest BCUT2D eigenvalue weighted by atomic mass is 9.80. The molecule has 0 aliphatic heterocycles. The predicted octanol–water partition coefficient (Wildman–Crippen LogP) is 11.2. The molecule has 0 aliphatic carbocycles. The lowest BCUT2D eigenvalue weighted by molar-refractivity contribution is -0.902. The summed E-state index contributed by atoms with van der Waals surface area (Å²) < 4.78 is 0.395. The van der Waals surface area contributed by atoms with Gasteiger partial charge in [-0.05, 0) is 12.8 Å². The molecule has 0 aromatic heterocycles. The molecule has 5 nitrogen and oxygen atoms in total. The molecule has 0 fully saturated rings. The number of likely N-dealkylation sites (N-methyl/N-ethyl adjacent to an activating group) is 1. The number of Topliss-reactive ketones (excluding diaryl/α,β-unsaturated/α-hetero) is 1. The molecule has 0 amide bonds. The van der Waals surface area contributed by atoms with E-state index in [9.17, 15) is 19.8 Å². The van der Waals surface area contributed by atoms with Crippen LogP contribution in [0.2, 0.25) is 0 Å². The van der Waals surface area contributed by atoms with Crippen molar-refractivity contribution < 1.29 is 24.3 Å². The maximum atomic E-state index is 13.4. The minimum atomic E-state index is -1.81. The Bertz CT molecular complexity index is 674. The van der Waals surface area contributed by atoms with Crippen LogP contribution in [0.5, 0.6) is 0 Å². The van der Waals surface area contributed by atoms with Gasteiger partial charge in [0.05, 0.1) is 27.6 Å². The second-order valence-corrected chi connectivity index (χ2v) is 14.9. The number of ketones is 1. The second kappa shape index (κ2) is 28.3. The van der Waals surface area contributed by atoms with Crippen LogP contribution in [0, 0.1) is 0 Å². The highest BCUT2D eigenvalue weighted by Gasteiger charge is 2.51. The summed E-state index contributed by atoms with van der Waals surface area (Å²) in [6.45, 7) is 4.53. The van der Waals surface area contributed by atoms with E-state index in [1.165, 1.54) is 141 Å². The number of carbonyl (C=O) groups excluding carboxylic acids is 1. The quantitative estimate of drug-likeness (QED) is 0.0552. The minimum absolute atomic E-state index is 0.272. The molecule has 0 rings (SSSR count). The van der Waals surface area contributed by atoms with Crippen LogP contribution in [0.15, 0.2) is 0 Å². The van der Waals surface area contributed by atoms with Crippen LogP contribution < -0.4 is 0 Å². The van der Waals surface area contributed by atoms with Crippen LogP contribution >= 0.6 is 0 Å². The summed E-state index contributed by atoms with van der Waals surface area (Å²) in [7, 11) is 5.96. The Hall–Kier alpha value is -0.940. The molecular weight excluding hydrogens is 546 g/mol. The smallest absolute Gasteiger partial charge is 0.307 e. The third-order valence-electron chi connectivity index (χ3n) is 9.73. The molecule has 44 heavy (non-hydrogen) atoms. The summed E-state index contributed by atoms with van der Waals surface area (Å²) in [5.74, 6) is -1.36. The molecule has 2 atom stereocenters. The van der Waals surface area contributed by atoms with Crippen molar-refractivity contribution in [1.29, 1.82) is 0 Å². The third-order valence-corrected chi connectivity index (χ3v) is 9.73. The first-order chi connectivity index (χ1) is 21.1. The number of unbranched alkanes of at least 4 members (excludes halogenated alkanes) is 25. The molecule has 2 N–H and O–H groups in total. The molecule has 0 aliphatic rings. The fraction of sp³-hybridized carbons (Fsp3) is 0.949. The van der Waals surface area contributed by atoms with Crippen LogP contribution in [0.1, 0.15) is 206 Å². The number of hydrogen-bond donors (Lipinski definition) is 2. The minimum Gasteiger partial charge on any atom is -0.481 e. The molecule has 0 saturated heterocycles. The number of carbonyl (C=O) groups is 2. The first kappa shape index (κ1) is 43.1. The van der Waals surface area contributed by atoms with E-state index >= 15 is 0 Å². The van der Waals surface area contributed by atoms with E-state index in [0.717, 1.165) is 32.1 Å². The predicted molar refractivity (Wildman–Crippen MR) is 189 cm³/mol. The van der Waals surface area contributed by atoms with E-state index in [2.05, 4.69) is 13.8 Å². The molecule has 262 valence electrons. The van der Waals surface area contributed by atoms with Gasteiger partial charge in [-0.3, -0.25) is 9.59 Å². The van der Waals surface area contributed by atoms with Gasteiger partial charge in [0.15, 0.2) is 11.4 Å². The van der Waals surface area contributed by atoms with Gasteiger partial charge in [-0.1, -0.05) is 174 Å². The second-order valence-electron chi connectivity index (χ2n) is 14.9. The highest BCUT2D eigenvalue weighted by atomic mass is 16.4. The van der Waals surface area contributed by atoms with Gasteiger partial charge in [-0.25, -0.2) is 0 Å². The molecule has 2 unspecified atom stereocenters. The van der Waals surface area contributed by atoms with Crippen molar-refractivity contribution in [1.82, 2.24) is 0 Å². The molecule has 5 heteroatoms. The number of carboxylic acid groups (broad SMARTS) is 1. The molecule has 0 bridgehead atoms. The lowest BCUT2D eigenvalue weighted by Crippen LogP contribution is -2.63. The molecule has 0 aromatic rings. The molecule has 0 aromatic carbocycles. The summed E-state index contributed by atoms with van der Waals surface area (Å²) in [4.78, 5) is 25.2. The number of aliphatic hydroxyl groups is 1. The number of rotatable bonds is 34. The number of carboxylic acids is 1. The van der Waals surface area contributed by atoms with Crippen LogP contribution in [-0.2, 0) is 9.59 Å². The van der Waals surface area contributed by atoms with Crippen molar-refractivity contribution in [3.05, 3.63) is 0 Å². The van der Waals surface area contributed by atoms with Gasteiger partial charge in [0, 0.05) is 12.8 Å². The Kier molecular flexibility index (Phi) is 27.7. The van der Waals surface area contributed by atoms with Crippen molar-refractivity contribution in [3.8, 4) is 0 Å². The van der Waals surface area contributed by atoms with Crippen LogP contribution in [-0.4, -0.2) is 59.2 Å². The maximum Gasteiger partial charge on any atom is 0.307 e.